The summed E-state index contributed by atoms with van der Waals surface area (Å²) in [5, 5.41) is 5.05. The number of cyclic esters (lactones) is 1. The van der Waals surface area contributed by atoms with Crippen LogP contribution in [0.15, 0.2) is 36.4 Å². The van der Waals surface area contributed by atoms with Crippen molar-refractivity contribution in [1.29, 1.82) is 0 Å². The van der Waals surface area contributed by atoms with Crippen molar-refractivity contribution in [3.8, 4) is 5.75 Å². The first kappa shape index (κ1) is 28.9. The van der Waals surface area contributed by atoms with Gasteiger partial charge < -0.3 is 24.4 Å². The molecule has 0 aliphatic carbocycles. The lowest BCUT2D eigenvalue weighted by Crippen LogP contribution is -2.56. The lowest BCUT2D eigenvalue weighted by Gasteiger charge is -2.35. The maximum Gasteiger partial charge on any atom is 0.407 e. The number of alkyl carbamates (subject to hydrolysis) is 1. The normalized spacial score (nSPS) is 26.2. The van der Waals surface area contributed by atoms with Crippen molar-refractivity contribution < 1.29 is 23.8 Å². The average molecular weight is 537 g/mol. The smallest absolute Gasteiger partial charge is 0.407 e. The fourth-order valence-electron chi connectivity index (χ4n) is 5.74. The van der Waals surface area contributed by atoms with Crippen LogP contribution in [0.5, 0.6) is 5.75 Å². The fourth-order valence-corrected chi connectivity index (χ4v) is 5.74. The van der Waals surface area contributed by atoms with Gasteiger partial charge in [-0.25, -0.2) is 4.79 Å². The predicted octanol–water partition coefficient (Wildman–Crippen LogP) is 6.29. The Balaban J connectivity index is 1.81. The highest BCUT2D eigenvalue weighted by atomic mass is 16.5. The topological polar surface area (TPSA) is 77.1 Å². The Bertz CT molecular complexity index is 1260. The van der Waals surface area contributed by atoms with Crippen LogP contribution in [0.4, 0.5) is 4.79 Å². The first-order chi connectivity index (χ1) is 18.3. The third-order valence-electron chi connectivity index (χ3n) is 8.33. The summed E-state index contributed by atoms with van der Waals surface area (Å²) in [7, 11) is 3.40. The Morgan fingerprint density at radius 3 is 2.49 bits per heavy atom. The molecule has 39 heavy (non-hydrogen) atoms. The number of allylic oxidation sites excluding steroid dienone is 1. The van der Waals surface area contributed by atoms with Crippen molar-refractivity contribution in [2.24, 2.45) is 10.8 Å². The zero-order valence-electron chi connectivity index (χ0n) is 24.7. The quantitative estimate of drug-likeness (QED) is 0.488. The van der Waals surface area contributed by atoms with Gasteiger partial charge in [0.25, 0.3) is 0 Å². The van der Waals surface area contributed by atoms with E-state index in [1.54, 1.807) is 14.2 Å². The molecule has 1 N–H and O–H groups in total. The van der Waals surface area contributed by atoms with E-state index in [-0.39, 0.29) is 24.0 Å². The van der Waals surface area contributed by atoms with Gasteiger partial charge >= 0.3 is 6.09 Å². The zero-order valence-corrected chi connectivity index (χ0v) is 24.7. The van der Waals surface area contributed by atoms with Crippen LogP contribution < -0.4 is 10.1 Å². The molecule has 2 aliphatic heterocycles. The third kappa shape index (κ3) is 6.08. The molecule has 2 aliphatic rings. The van der Waals surface area contributed by atoms with Gasteiger partial charge in [0.2, 0.25) is 5.91 Å². The molecule has 2 amide bonds. The zero-order chi connectivity index (χ0) is 28.6. The van der Waals surface area contributed by atoms with Gasteiger partial charge in [-0.05, 0) is 65.1 Å². The summed E-state index contributed by atoms with van der Waals surface area (Å²) < 4.78 is 17.5. The van der Waals surface area contributed by atoms with Gasteiger partial charge in [0.15, 0.2) is 0 Å². The van der Waals surface area contributed by atoms with Crippen LogP contribution in [0.25, 0.3) is 16.8 Å². The third-order valence-corrected chi connectivity index (χ3v) is 8.33. The monoisotopic (exact) mass is 536 g/mol. The van der Waals surface area contributed by atoms with Crippen molar-refractivity contribution in [3.63, 3.8) is 0 Å². The summed E-state index contributed by atoms with van der Waals surface area (Å²) in [5.74, 6) is 0.692. The number of hydrogen-bond donors (Lipinski definition) is 1. The molecule has 2 aromatic carbocycles. The number of ether oxygens (including phenoxy) is 3. The number of amides is 2. The largest absolute Gasteiger partial charge is 0.496 e. The number of rotatable bonds is 2. The van der Waals surface area contributed by atoms with E-state index >= 15 is 0 Å². The highest BCUT2D eigenvalue weighted by molar-refractivity contribution is 5.89. The van der Waals surface area contributed by atoms with Crippen LogP contribution >= 0.6 is 0 Å². The molecule has 1 fully saturated rings. The summed E-state index contributed by atoms with van der Waals surface area (Å²) in [4.78, 5) is 28.7. The summed E-state index contributed by atoms with van der Waals surface area (Å²) in [6, 6.07) is 9.77. The first-order valence-corrected chi connectivity index (χ1v) is 13.9. The van der Waals surface area contributed by atoms with Gasteiger partial charge in [-0.3, -0.25) is 4.79 Å². The second-order valence-corrected chi connectivity index (χ2v) is 13.0. The standard InChI is InChI=1S/C32H44N2O5/c1-21-19-32(38-8)20-34(21)28(35)27(30(2,3)4)33-29(36)39-15-14-31(5,6)13-9-10-23-16-24-17-25(32)12-11-22(24)18-26(23)37-7/h9-12,16-18,21,27H,13-15,19-20H2,1-8H3,(H,33,36)/t21-,27-,32+/m1/s1. The Morgan fingerprint density at radius 1 is 1.08 bits per heavy atom. The van der Waals surface area contributed by atoms with Gasteiger partial charge in [-0.15, -0.1) is 0 Å². The number of fused-ring (bicyclic) bond motifs is 5. The van der Waals surface area contributed by atoms with Gasteiger partial charge in [-0.1, -0.05) is 58.9 Å². The van der Waals surface area contributed by atoms with Crippen LogP contribution in [0.3, 0.4) is 0 Å². The molecule has 1 saturated heterocycles. The van der Waals surface area contributed by atoms with Gasteiger partial charge in [-0.2, -0.15) is 0 Å². The predicted molar refractivity (Wildman–Crippen MR) is 155 cm³/mol. The van der Waals surface area contributed by atoms with Crippen molar-refractivity contribution in [2.75, 3.05) is 27.4 Å². The molecule has 5 bridgehead atoms. The number of hydrogen-bond acceptors (Lipinski definition) is 5. The second-order valence-electron chi connectivity index (χ2n) is 13.0. The van der Waals surface area contributed by atoms with E-state index in [1.807, 2.05) is 32.6 Å². The molecule has 7 heteroatoms. The molecular weight excluding hydrogens is 492 g/mol. The minimum absolute atomic E-state index is 0.0726. The summed E-state index contributed by atoms with van der Waals surface area (Å²) in [6.07, 6.45) is 5.84. The summed E-state index contributed by atoms with van der Waals surface area (Å²) >= 11 is 0. The molecular formula is C32H44N2O5. The van der Waals surface area contributed by atoms with Gasteiger partial charge in [0, 0.05) is 25.1 Å². The SMILES string of the molecule is COc1cc2ccc3cc2cc1C=CCC(C)(C)CCOC(=O)N[C@@H](C(C)(C)C)C(=O)N1C[C@@]3(OC)C[C@H]1C. The van der Waals surface area contributed by atoms with E-state index < -0.39 is 23.2 Å². The Kier molecular flexibility index (Phi) is 8.04. The number of nitrogens with one attached hydrogen (secondary N) is 1. The average Bonchev–Trinajstić information content (AvgIpc) is 3.22. The molecule has 4 rings (SSSR count). The Morgan fingerprint density at radius 2 is 1.82 bits per heavy atom. The lowest BCUT2D eigenvalue weighted by molar-refractivity contribution is -0.137. The lowest BCUT2D eigenvalue weighted by atomic mass is 9.85. The second kappa shape index (κ2) is 10.8. The molecule has 7 nitrogen and oxygen atoms in total. The van der Waals surface area contributed by atoms with Crippen LogP contribution in [-0.2, 0) is 19.9 Å². The van der Waals surface area contributed by atoms with E-state index in [1.165, 1.54) is 0 Å². The Hall–Kier alpha value is -3.06. The highest BCUT2D eigenvalue weighted by Crippen LogP contribution is 2.41. The molecule has 0 aromatic heterocycles. The number of carbonyl (C=O) groups excluding carboxylic acids is 2. The minimum Gasteiger partial charge on any atom is -0.496 e. The van der Waals surface area contributed by atoms with Crippen molar-refractivity contribution >= 4 is 28.8 Å². The van der Waals surface area contributed by atoms with Gasteiger partial charge in [0.1, 0.15) is 17.4 Å². The molecule has 212 valence electrons. The molecule has 0 saturated carbocycles. The van der Waals surface area contributed by atoms with Crippen molar-refractivity contribution in [1.82, 2.24) is 10.2 Å². The number of carbonyl (C=O) groups is 2. The van der Waals surface area contributed by atoms with Crippen molar-refractivity contribution in [2.45, 2.75) is 78.5 Å². The number of nitrogens with zero attached hydrogens (tertiary/aromatic N) is 1. The molecule has 0 unspecified atom stereocenters. The minimum atomic E-state index is -0.732. The van der Waals surface area contributed by atoms with Gasteiger partial charge in [0.05, 0.1) is 20.3 Å². The van der Waals surface area contributed by atoms with Crippen LogP contribution in [-0.4, -0.2) is 56.4 Å². The maximum absolute atomic E-state index is 14.0. The molecule has 0 radical (unpaired) electrons. The first-order valence-electron chi connectivity index (χ1n) is 13.9. The van der Waals surface area contributed by atoms with E-state index in [4.69, 9.17) is 14.2 Å². The molecule has 2 aromatic rings. The van der Waals surface area contributed by atoms with Crippen molar-refractivity contribution in [3.05, 3.63) is 47.5 Å². The summed E-state index contributed by atoms with van der Waals surface area (Å²) in [6.45, 7) is 12.9. The molecule has 0 spiro atoms. The maximum atomic E-state index is 14.0. The van der Waals surface area contributed by atoms with E-state index in [2.05, 4.69) is 61.6 Å². The highest BCUT2D eigenvalue weighted by Gasteiger charge is 2.48. The van der Waals surface area contributed by atoms with Crippen LogP contribution in [0.1, 0.15) is 71.9 Å². The van der Waals surface area contributed by atoms with Crippen LogP contribution in [0.2, 0.25) is 0 Å². The van der Waals surface area contributed by atoms with E-state index in [0.717, 1.165) is 34.1 Å². The van der Waals surface area contributed by atoms with Crippen LogP contribution in [0, 0.1) is 10.8 Å². The molecule has 3 atom stereocenters. The fraction of sp³-hybridized carbons (Fsp3) is 0.562. The number of benzene rings is 2. The van der Waals surface area contributed by atoms with E-state index in [9.17, 15) is 9.59 Å². The summed E-state index contributed by atoms with van der Waals surface area (Å²) in [5.41, 5.74) is 0.784. The number of methoxy groups -OCH3 is 2. The van der Waals surface area contributed by atoms with E-state index in [0.29, 0.717) is 19.4 Å². The Labute approximate surface area is 232 Å². The molecule has 2 heterocycles.